The summed E-state index contributed by atoms with van der Waals surface area (Å²) in [7, 11) is 1.27. The van der Waals surface area contributed by atoms with Crippen LogP contribution in [0.15, 0.2) is 42.5 Å². The molecule has 0 bridgehead atoms. The number of carbonyl (C=O) groups is 3. The van der Waals surface area contributed by atoms with Gasteiger partial charge in [0, 0.05) is 13.5 Å². The predicted octanol–water partition coefficient (Wildman–Crippen LogP) is 3.42. The van der Waals surface area contributed by atoms with Gasteiger partial charge in [0.15, 0.2) is 0 Å². The van der Waals surface area contributed by atoms with Gasteiger partial charge in [0.05, 0.1) is 23.4 Å². The number of amides is 2. The van der Waals surface area contributed by atoms with Gasteiger partial charge >= 0.3 is 5.97 Å². The Morgan fingerprint density at radius 1 is 1.15 bits per heavy atom. The Morgan fingerprint density at radius 3 is 2.48 bits per heavy atom. The molecule has 2 rings (SSSR count). The summed E-state index contributed by atoms with van der Waals surface area (Å²) in [4.78, 5) is 37.5. The number of hydrogen-bond acceptors (Lipinski definition) is 4. The molecule has 0 heterocycles. The number of aryl methyl sites for hydroxylation is 1. The van der Waals surface area contributed by atoms with Crippen LogP contribution >= 0.6 is 11.6 Å². The molecule has 7 heteroatoms. The standard InChI is InChI=1S/C20H21ClN2O4/c1-13-6-4-5-7-16(13)11-23(14(2)24)12-19(25)22-18-10-15(20(26)27-3)8-9-17(18)21/h4-10H,11-12H2,1-3H3,(H,22,25). The minimum absolute atomic E-state index is 0.136. The van der Waals surface area contributed by atoms with Gasteiger partial charge in [-0.1, -0.05) is 35.9 Å². The van der Waals surface area contributed by atoms with Gasteiger partial charge in [-0.15, -0.1) is 0 Å². The van der Waals surface area contributed by atoms with Gasteiger partial charge in [0.2, 0.25) is 11.8 Å². The number of esters is 1. The normalized spacial score (nSPS) is 10.2. The highest BCUT2D eigenvalue weighted by Gasteiger charge is 2.17. The van der Waals surface area contributed by atoms with Crippen molar-refractivity contribution in [2.45, 2.75) is 20.4 Å². The van der Waals surface area contributed by atoms with Crippen LogP contribution in [0, 0.1) is 6.92 Å². The summed E-state index contributed by atoms with van der Waals surface area (Å²) < 4.78 is 4.66. The first-order valence-electron chi connectivity index (χ1n) is 8.29. The zero-order chi connectivity index (χ0) is 20.0. The van der Waals surface area contributed by atoms with Crippen molar-refractivity contribution < 1.29 is 19.1 Å². The van der Waals surface area contributed by atoms with E-state index in [0.717, 1.165) is 11.1 Å². The monoisotopic (exact) mass is 388 g/mol. The smallest absolute Gasteiger partial charge is 0.337 e. The van der Waals surface area contributed by atoms with E-state index in [1.54, 1.807) is 0 Å². The van der Waals surface area contributed by atoms with Gasteiger partial charge < -0.3 is 15.0 Å². The highest BCUT2D eigenvalue weighted by atomic mass is 35.5. The Labute approximate surface area is 163 Å². The van der Waals surface area contributed by atoms with Crippen LogP contribution in [0.25, 0.3) is 0 Å². The lowest BCUT2D eigenvalue weighted by Gasteiger charge is -2.22. The van der Waals surface area contributed by atoms with Crippen molar-refractivity contribution in [1.29, 1.82) is 0 Å². The first-order valence-corrected chi connectivity index (χ1v) is 8.67. The minimum Gasteiger partial charge on any atom is -0.465 e. The molecular formula is C20H21ClN2O4. The summed E-state index contributed by atoms with van der Waals surface area (Å²) in [5, 5.41) is 2.92. The molecule has 2 aromatic carbocycles. The van der Waals surface area contributed by atoms with Crippen LogP contribution in [0.4, 0.5) is 5.69 Å². The summed E-state index contributed by atoms with van der Waals surface area (Å²) in [5.74, 6) is -1.17. The molecule has 0 aliphatic rings. The largest absolute Gasteiger partial charge is 0.465 e. The number of nitrogens with one attached hydrogen (secondary N) is 1. The first kappa shape index (κ1) is 20.5. The third-order valence-corrected chi connectivity index (χ3v) is 4.39. The maximum atomic E-state index is 12.4. The van der Waals surface area contributed by atoms with Crippen molar-refractivity contribution in [3.05, 3.63) is 64.2 Å². The molecule has 0 radical (unpaired) electrons. The quantitative estimate of drug-likeness (QED) is 0.769. The Balaban J connectivity index is 2.11. The number of anilines is 1. The Kier molecular flexibility index (Phi) is 6.96. The van der Waals surface area contributed by atoms with E-state index in [1.807, 2.05) is 31.2 Å². The van der Waals surface area contributed by atoms with Crippen LogP contribution in [0.3, 0.4) is 0 Å². The highest BCUT2D eigenvalue weighted by Crippen LogP contribution is 2.23. The molecule has 0 aromatic heterocycles. The van der Waals surface area contributed by atoms with E-state index in [0.29, 0.717) is 6.54 Å². The molecule has 0 saturated carbocycles. The maximum absolute atomic E-state index is 12.4. The first-order chi connectivity index (χ1) is 12.8. The van der Waals surface area contributed by atoms with Gasteiger partial charge in [-0.05, 0) is 36.2 Å². The second-order valence-corrected chi connectivity index (χ2v) is 6.44. The third kappa shape index (κ3) is 5.56. The van der Waals surface area contributed by atoms with E-state index in [4.69, 9.17) is 11.6 Å². The number of benzene rings is 2. The van der Waals surface area contributed by atoms with Gasteiger partial charge in [-0.25, -0.2) is 4.79 Å². The lowest BCUT2D eigenvalue weighted by Crippen LogP contribution is -2.36. The van der Waals surface area contributed by atoms with E-state index in [9.17, 15) is 14.4 Å². The molecule has 0 aliphatic heterocycles. The molecule has 0 saturated heterocycles. The fourth-order valence-corrected chi connectivity index (χ4v) is 2.67. The Bertz CT molecular complexity index is 867. The van der Waals surface area contributed by atoms with Crippen molar-refractivity contribution in [2.24, 2.45) is 0 Å². The van der Waals surface area contributed by atoms with Crippen molar-refractivity contribution >= 4 is 35.1 Å². The lowest BCUT2D eigenvalue weighted by atomic mass is 10.1. The summed E-state index contributed by atoms with van der Waals surface area (Å²) >= 11 is 6.09. The van der Waals surface area contributed by atoms with Crippen molar-refractivity contribution in [3.63, 3.8) is 0 Å². The number of carbonyl (C=O) groups excluding carboxylic acids is 3. The number of ether oxygens (including phenoxy) is 1. The number of hydrogen-bond donors (Lipinski definition) is 1. The molecule has 0 aliphatic carbocycles. The number of halogens is 1. The second-order valence-electron chi connectivity index (χ2n) is 6.04. The zero-order valence-corrected chi connectivity index (χ0v) is 16.2. The van der Waals surface area contributed by atoms with Crippen LogP contribution < -0.4 is 5.32 Å². The number of rotatable bonds is 6. The molecule has 27 heavy (non-hydrogen) atoms. The van der Waals surface area contributed by atoms with Crippen LogP contribution in [-0.4, -0.2) is 36.3 Å². The molecular weight excluding hydrogens is 368 g/mol. The maximum Gasteiger partial charge on any atom is 0.337 e. The molecule has 0 unspecified atom stereocenters. The Morgan fingerprint density at radius 2 is 1.85 bits per heavy atom. The SMILES string of the molecule is COC(=O)c1ccc(Cl)c(NC(=O)CN(Cc2ccccc2C)C(C)=O)c1. The molecule has 142 valence electrons. The van der Waals surface area contributed by atoms with E-state index >= 15 is 0 Å². The predicted molar refractivity (Wildman–Crippen MR) is 104 cm³/mol. The fourth-order valence-electron chi connectivity index (χ4n) is 2.50. The van der Waals surface area contributed by atoms with Gasteiger partial charge in [0.25, 0.3) is 0 Å². The number of nitrogens with zero attached hydrogens (tertiary/aromatic N) is 1. The molecule has 1 N–H and O–H groups in total. The van der Waals surface area contributed by atoms with Gasteiger partial charge in [-0.3, -0.25) is 9.59 Å². The molecule has 6 nitrogen and oxygen atoms in total. The van der Waals surface area contributed by atoms with E-state index in [-0.39, 0.29) is 28.7 Å². The highest BCUT2D eigenvalue weighted by molar-refractivity contribution is 6.33. The zero-order valence-electron chi connectivity index (χ0n) is 15.4. The van der Waals surface area contributed by atoms with Crippen LogP contribution in [-0.2, 0) is 20.9 Å². The summed E-state index contributed by atoms with van der Waals surface area (Å²) in [6, 6.07) is 12.1. The van der Waals surface area contributed by atoms with E-state index in [2.05, 4.69) is 10.1 Å². The summed E-state index contributed by atoms with van der Waals surface area (Å²) in [6.07, 6.45) is 0. The van der Waals surface area contributed by atoms with Crippen LogP contribution in [0.5, 0.6) is 0 Å². The van der Waals surface area contributed by atoms with E-state index < -0.39 is 11.9 Å². The minimum atomic E-state index is -0.535. The average Bonchev–Trinajstić information content (AvgIpc) is 2.63. The molecule has 0 spiro atoms. The van der Waals surface area contributed by atoms with Crippen LogP contribution in [0.2, 0.25) is 5.02 Å². The molecule has 0 fully saturated rings. The summed E-state index contributed by atoms with van der Waals surface area (Å²) in [5.41, 5.74) is 2.55. The third-order valence-electron chi connectivity index (χ3n) is 4.06. The number of methoxy groups -OCH3 is 1. The Hall–Kier alpha value is -2.86. The van der Waals surface area contributed by atoms with Gasteiger partial charge in [0.1, 0.15) is 6.54 Å². The molecule has 2 amide bonds. The summed E-state index contributed by atoms with van der Waals surface area (Å²) in [6.45, 7) is 3.55. The molecule has 2 aromatic rings. The average molecular weight is 389 g/mol. The van der Waals surface area contributed by atoms with Crippen molar-refractivity contribution in [3.8, 4) is 0 Å². The van der Waals surface area contributed by atoms with E-state index in [1.165, 1.54) is 37.1 Å². The van der Waals surface area contributed by atoms with Gasteiger partial charge in [-0.2, -0.15) is 0 Å². The van der Waals surface area contributed by atoms with Crippen LogP contribution in [0.1, 0.15) is 28.4 Å². The molecule has 0 atom stereocenters. The fraction of sp³-hybridized carbons (Fsp3) is 0.250. The topological polar surface area (TPSA) is 75.7 Å². The second kappa shape index (κ2) is 9.19. The van der Waals surface area contributed by atoms with Crippen molar-refractivity contribution in [2.75, 3.05) is 19.0 Å². The lowest BCUT2D eigenvalue weighted by molar-refractivity contribution is -0.133. The van der Waals surface area contributed by atoms with Crippen molar-refractivity contribution in [1.82, 2.24) is 4.90 Å².